The Morgan fingerprint density at radius 1 is 1.33 bits per heavy atom. The molecule has 7 heteroatoms. The Morgan fingerprint density at radius 3 is 2.62 bits per heavy atom. The van der Waals surface area contributed by atoms with Crippen LogP contribution in [0.4, 0.5) is 4.39 Å². The number of nitrogens with one attached hydrogen (secondary N) is 1. The summed E-state index contributed by atoms with van der Waals surface area (Å²) in [6.07, 6.45) is 0. The lowest BCUT2D eigenvalue weighted by molar-refractivity contribution is 0.574. The van der Waals surface area contributed by atoms with Crippen molar-refractivity contribution in [3.63, 3.8) is 0 Å². The van der Waals surface area contributed by atoms with Crippen LogP contribution in [-0.4, -0.2) is 8.42 Å². The molecule has 1 aromatic carbocycles. The zero-order valence-electron chi connectivity index (χ0n) is 11.8. The van der Waals surface area contributed by atoms with Crippen LogP contribution in [0, 0.1) is 19.7 Å². The van der Waals surface area contributed by atoms with Gasteiger partial charge in [0, 0.05) is 23.5 Å². The fraction of sp³-hybridized carbons (Fsp3) is 0.286. The second-order valence-corrected chi connectivity index (χ2v) is 7.49. The second-order valence-electron chi connectivity index (χ2n) is 4.76. The first-order valence-electron chi connectivity index (χ1n) is 6.37. The Bertz CT molecular complexity index is 754. The SMILES string of the molecule is Cc1ccsc1CNS(=O)(=O)c1cc(CN)cc(F)c1C. The molecule has 2 aromatic rings. The van der Waals surface area contributed by atoms with Crippen LogP contribution < -0.4 is 10.5 Å². The molecule has 3 N–H and O–H groups in total. The molecule has 1 aromatic heterocycles. The van der Waals surface area contributed by atoms with Gasteiger partial charge in [-0.05, 0) is 48.6 Å². The van der Waals surface area contributed by atoms with Gasteiger partial charge in [-0.1, -0.05) is 0 Å². The van der Waals surface area contributed by atoms with E-state index >= 15 is 0 Å². The maximum absolute atomic E-state index is 13.8. The Hall–Kier alpha value is -1.28. The Balaban J connectivity index is 2.31. The molecule has 0 aliphatic rings. The van der Waals surface area contributed by atoms with E-state index in [1.165, 1.54) is 30.4 Å². The fourth-order valence-electron chi connectivity index (χ4n) is 1.93. The molecular formula is C14H17FN2O2S2. The molecule has 21 heavy (non-hydrogen) atoms. The van der Waals surface area contributed by atoms with E-state index in [1.54, 1.807) is 0 Å². The Labute approximate surface area is 127 Å². The van der Waals surface area contributed by atoms with Crippen LogP contribution in [0.2, 0.25) is 0 Å². The van der Waals surface area contributed by atoms with Crippen LogP contribution in [0.5, 0.6) is 0 Å². The maximum Gasteiger partial charge on any atom is 0.241 e. The summed E-state index contributed by atoms with van der Waals surface area (Å²) in [6, 6.07) is 4.61. The van der Waals surface area contributed by atoms with E-state index in [4.69, 9.17) is 5.73 Å². The van der Waals surface area contributed by atoms with Crippen LogP contribution in [0.1, 0.15) is 21.6 Å². The predicted molar refractivity (Wildman–Crippen MR) is 82.1 cm³/mol. The van der Waals surface area contributed by atoms with E-state index in [9.17, 15) is 12.8 Å². The summed E-state index contributed by atoms with van der Waals surface area (Å²) in [6.45, 7) is 3.64. The second kappa shape index (κ2) is 6.23. The van der Waals surface area contributed by atoms with Crippen LogP contribution in [-0.2, 0) is 23.1 Å². The van der Waals surface area contributed by atoms with Crippen molar-refractivity contribution in [2.75, 3.05) is 0 Å². The van der Waals surface area contributed by atoms with Crippen LogP contribution in [0.15, 0.2) is 28.5 Å². The number of halogens is 1. The van der Waals surface area contributed by atoms with Gasteiger partial charge >= 0.3 is 0 Å². The summed E-state index contributed by atoms with van der Waals surface area (Å²) in [4.78, 5) is 0.879. The maximum atomic E-state index is 13.8. The van der Waals surface area contributed by atoms with E-state index in [0.29, 0.717) is 5.56 Å². The highest BCUT2D eigenvalue weighted by molar-refractivity contribution is 7.89. The molecule has 0 aliphatic heterocycles. The molecule has 0 aliphatic carbocycles. The Morgan fingerprint density at radius 2 is 2.05 bits per heavy atom. The van der Waals surface area contributed by atoms with E-state index in [-0.39, 0.29) is 23.5 Å². The molecule has 114 valence electrons. The van der Waals surface area contributed by atoms with Crippen molar-refractivity contribution < 1.29 is 12.8 Å². The fourth-order valence-corrected chi connectivity index (χ4v) is 4.16. The number of sulfonamides is 1. The summed E-state index contributed by atoms with van der Waals surface area (Å²) in [7, 11) is -3.78. The number of hydrogen-bond donors (Lipinski definition) is 2. The number of hydrogen-bond acceptors (Lipinski definition) is 4. The van der Waals surface area contributed by atoms with Gasteiger partial charge in [0.05, 0.1) is 4.90 Å². The van der Waals surface area contributed by atoms with Crippen molar-refractivity contribution in [2.24, 2.45) is 5.73 Å². The van der Waals surface area contributed by atoms with Crippen molar-refractivity contribution in [1.29, 1.82) is 0 Å². The number of rotatable bonds is 5. The first kappa shape index (κ1) is 16.1. The molecule has 0 spiro atoms. The molecule has 0 amide bonds. The van der Waals surface area contributed by atoms with Crippen molar-refractivity contribution in [3.05, 3.63) is 51.0 Å². The summed E-state index contributed by atoms with van der Waals surface area (Å²) in [5.74, 6) is -0.564. The van der Waals surface area contributed by atoms with Crippen molar-refractivity contribution >= 4 is 21.4 Å². The summed E-state index contributed by atoms with van der Waals surface area (Å²) in [5, 5.41) is 1.90. The molecular weight excluding hydrogens is 311 g/mol. The van der Waals surface area contributed by atoms with Gasteiger partial charge in [0.2, 0.25) is 10.0 Å². The van der Waals surface area contributed by atoms with Gasteiger partial charge < -0.3 is 5.73 Å². The first-order chi connectivity index (χ1) is 9.85. The van der Waals surface area contributed by atoms with E-state index in [2.05, 4.69) is 4.72 Å². The highest BCUT2D eigenvalue weighted by atomic mass is 32.2. The van der Waals surface area contributed by atoms with Gasteiger partial charge in [0.15, 0.2) is 0 Å². The number of thiophene rings is 1. The lowest BCUT2D eigenvalue weighted by Crippen LogP contribution is -2.24. The van der Waals surface area contributed by atoms with Crippen LogP contribution >= 0.6 is 11.3 Å². The first-order valence-corrected chi connectivity index (χ1v) is 8.73. The van der Waals surface area contributed by atoms with E-state index < -0.39 is 15.8 Å². The number of nitrogens with two attached hydrogens (primary N) is 1. The van der Waals surface area contributed by atoms with Gasteiger partial charge in [-0.15, -0.1) is 11.3 Å². The Kier molecular flexibility index (Phi) is 4.77. The molecule has 0 saturated carbocycles. The highest BCUT2D eigenvalue weighted by Crippen LogP contribution is 2.22. The highest BCUT2D eigenvalue weighted by Gasteiger charge is 2.20. The topological polar surface area (TPSA) is 72.2 Å². The number of benzene rings is 1. The van der Waals surface area contributed by atoms with E-state index in [1.807, 2.05) is 18.4 Å². The average molecular weight is 328 g/mol. The molecule has 0 bridgehead atoms. The minimum absolute atomic E-state index is 0.0582. The van der Waals surface area contributed by atoms with Crippen molar-refractivity contribution in [3.8, 4) is 0 Å². The van der Waals surface area contributed by atoms with Gasteiger partial charge in [-0.3, -0.25) is 0 Å². The molecule has 0 unspecified atom stereocenters. The zero-order chi connectivity index (χ0) is 15.6. The summed E-state index contributed by atoms with van der Waals surface area (Å²) >= 11 is 1.48. The summed E-state index contributed by atoms with van der Waals surface area (Å²) < 4.78 is 41.0. The monoisotopic (exact) mass is 328 g/mol. The van der Waals surface area contributed by atoms with Crippen molar-refractivity contribution in [2.45, 2.75) is 31.8 Å². The van der Waals surface area contributed by atoms with Gasteiger partial charge in [-0.25, -0.2) is 17.5 Å². The lowest BCUT2D eigenvalue weighted by Gasteiger charge is -2.11. The number of aryl methyl sites for hydroxylation is 1. The largest absolute Gasteiger partial charge is 0.326 e. The molecule has 0 saturated heterocycles. The molecule has 0 radical (unpaired) electrons. The molecule has 0 atom stereocenters. The molecule has 1 heterocycles. The third kappa shape index (κ3) is 3.49. The minimum Gasteiger partial charge on any atom is -0.326 e. The third-order valence-electron chi connectivity index (χ3n) is 3.27. The van der Waals surface area contributed by atoms with Gasteiger partial charge in [0.25, 0.3) is 0 Å². The normalized spacial score (nSPS) is 11.8. The minimum atomic E-state index is -3.78. The zero-order valence-corrected chi connectivity index (χ0v) is 13.4. The third-order valence-corrected chi connectivity index (χ3v) is 5.82. The smallest absolute Gasteiger partial charge is 0.241 e. The standard InChI is InChI=1S/C14H17FN2O2S2/c1-9-3-4-20-13(9)8-17-21(18,19)14-6-11(7-16)5-12(15)10(14)2/h3-6,17H,7-8,16H2,1-2H3. The van der Waals surface area contributed by atoms with Crippen LogP contribution in [0.3, 0.4) is 0 Å². The molecule has 2 rings (SSSR count). The van der Waals surface area contributed by atoms with E-state index in [0.717, 1.165) is 10.4 Å². The predicted octanol–water partition coefficient (Wildman–Crippen LogP) is 2.44. The quantitative estimate of drug-likeness (QED) is 0.885. The van der Waals surface area contributed by atoms with Crippen molar-refractivity contribution in [1.82, 2.24) is 4.72 Å². The van der Waals surface area contributed by atoms with Gasteiger partial charge in [-0.2, -0.15) is 0 Å². The molecule has 0 fully saturated rings. The summed E-state index contributed by atoms with van der Waals surface area (Å²) in [5.41, 5.74) is 7.05. The van der Waals surface area contributed by atoms with Gasteiger partial charge in [0.1, 0.15) is 5.82 Å². The van der Waals surface area contributed by atoms with Crippen LogP contribution in [0.25, 0.3) is 0 Å². The molecule has 4 nitrogen and oxygen atoms in total. The average Bonchev–Trinajstić information content (AvgIpc) is 2.84. The lowest BCUT2D eigenvalue weighted by atomic mass is 10.1.